The Morgan fingerprint density at radius 1 is 1.44 bits per heavy atom. The average molecular weight is 348 g/mol. The van der Waals surface area contributed by atoms with E-state index in [-0.39, 0.29) is 18.9 Å². The molecule has 136 valence electrons. The molecule has 1 heterocycles. The molecule has 1 saturated heterocycles. The van der Waals surface area contributed by atoms with E-state index in [1.54, 1.807) is 25.2 Å². The van der Waals surface area contributed by atoms with Crippen molar-refractivity contribution in [3.05, 3.63) is 35.4 Å². The summed E-state index contributed by atoms with van der Waals surface area (Å²) in [5.41, 5.74) is 5.80. The van der Waals surface area contributed by atoms with Gasteiger partial charge in [0.25, 0.3) is 0 Å². The topological polar surface area (TPSA) is 131 Å². The lowest BCUT2D eigenvalue weighted by molar-refractivity contribution is -0.157. The molecule has 0 radical (unpaired) electrons. The molecule has 8 heteroatoms. The lowest BCUT2D eigenvalue weighted by Crippen LogP contribution is -2.55. The Hall–Kier alpha value is -2.29. The Morgan fingerprint density at radius 2 is 2.08 bits per heavy atom. The fourth-order valence-electron chi connectivity index (χ4n) is 2.96. The highest BCUT2D eigenvalue weighted by atomic mass is 16.7. The van der Waals surface area contributed by atoms with Crippen molar-refractivity contribution in [1.82, 2.24) is 5.06 Å². The van der Waals surface area contributed by atoms with Gasteiger partial charge in [-0.2, -0.15) is 10.2 Å². The third-order valence-corrected chi connectivity index (χ3v) is 4.64. The van der Waals surface area contributed by atoms with Crippen molar-refractivity contribution in [2.75, 3.05) is 7.05 Å². The molecule has 0 spiro atoms. The molecule has 1 aliphatic heterocycles. The lowest BCUT2D eigenvalue weighted by Gasteiger charge is -2.22. The number of hydrogen-bond donors (Lipinski definition) is 3. The average Bonchev–Trinajstić information content (AvgIpc) is 2.95. The number of rotatable bonds is 7. The van der Waals surface area contributed by atoms with Crippen molar-refractivity contribution in [2.45, 2.75) is 43.9 Å². The van der Waals surface area contributed by atoms with Gasteiger partial charge in [-0.05, 0) is 24.0 Å². The molecular weight excluding hydrogens is 324 g/mol. The standard InChI is InChI=1S/C17H24N4O4/c1-3-17(18,16(23)24)15(22)9-13-8-14(21(2)25-13)12-6-4-11(5-7-12)10-20-19/h4-7,10,13-14H,3,8-9,18-19H2,1-2H3,(H,23,24)/t13-,14+,17+/m0/s1. The molecule has 25 heavy (non-hydrogen) atoms. The highest BCUT2D eigenvalue weighted by Crippen LogP contribution is 2.34. The van der Waals surface area contributed by atoms with Crippen LogP contribution in [-0.2, 0) is 14.4 Å². The van der Waals surface area contributed by atoms with Gasteiger partial charge in [-0.25, -0.2) is 4.79 Å². The Bertz CT molecular complexity index is 661. The van der Waals surface area contributed by atoms with Crippen molar-refractivity contribution in [3.8, 4) is 0 Å². The van der Waals surface area contributed by atoms with Crippen molar-refractivity contribution in [2.24, 2.45) is 16.7 Å². The zero-order chi connectivity index (χ0) is 18.6. The molecule has 1 aromatic carbocycles. The molecule has 2 rings (SSSR count). The van der Waals surface area contributed by atoms with Gasteiger partial charge in [0.15, 0.2) is 11.3 Å². The summed E-state index contributed by atoms with van der Waals surface area (Å²) in [5.74, 6) is 3.31. The van der Waals surface area contributed by atoms with E-state index in [0.717, 1.165) is 11.1 Å². The number of benzene rings is 1. The number of carboxylic acid groups (broad SMARTS) is 1. The number of Topliss-reactive ketones (excluding diaryl/α,β-unsaturated/α-hetero) is 1. The fraction of sp³-hybridized carbons (Fsp3) is 0.471. The maximum Gasteiger partial charge on any atom is 0.331 e. The fourth-order valence-corrected chi connectivity index (χ4v) is 2.96. The first-order chi connectivity index (χ1) is 11.8. The van der Waals surface area contributed by atoms with E-state index in [4.69, 9.17) is 16.4 Å². The molecule has 1 aliphatic rings. The van der Waals surface area contributed by atoms with Crippen molar-refractivity contribution in [3.63, 3.8) is 0 Å². The first-order valence-corrected chi connectivity index (χ1v) is 8.10. The SMILES string of the molecule is CC[C@](N)(C(=O)O)C(=O)C[C@@H]1C[C@H](c2ccc(C=NN)cc2)N(C)O1. The van der Waals surface area contributed by atoms with Gasteiger partial charge in [0.2, 0.25) is 0 Å². The Morgan fingerprint density at radius 3 is 2.60 bits per heavy atom. The number of carboxylic acids is 1. The van der Waals surface area contributed by atoms with Gasteiger partial charge >= 0.3 is 5.97 Å². The van der Waals surface area contributed by atoms with Gasteiger partial charge in [-0.15, -0.1) is 0 Å². The molecule has 0 aromatic heterocycles. The van der Waals surface area contributed by atoms with Crippen LogP contribution in [0.5, 0.6) is 0 Å². The zero-order valence-electron chi connectivity index (χ0n) is 14.4. The van der Waals surface area contributed by atoms with Crippen LogP contribution in [0, 0.1) is 0 Å². The number of nitrogens with zero attached hydrogens (tertiary/aromatic N) is 2. The molecule has 3 atom stereocenters. The second-order valence-electron chi connectivity index (χ2n) is 6.23. The lowest BCUT2D eigenvalue weighted by atomic mass is 9.87. The smallest absolute Gasteiger partial charge is 0.331 e. The van der Waals surface area contributed by atoms with Crippen molar-refractivity contribution in [1.29, 1.82) is 0 Å². The maximum absolute atomic E-state index is 12.3. The van der Waals surface area contributed by atoms with E-state index in [1.165, 1.54) is 0 Å². The summed E-state index contributed by atoms with van der Waals surface area (Å²) in [5, 5.41) is 14.4. The van der Waals surface area contributed by atoms with Crippen LogP contribution in [0.4, 0.5) is 0 Å². The third kappa shape index (κ3) is 4.04. The number of nitrogens with two attached hydrogens (primary N) is 2. The highest BCUT2D eigenvalue weighted by molar-refractivity contribution is 6.07. The predicted octanol–water partition coefficient (Wildman–Crippen LogP) is 0.807. The van der Waals surface area contributed by atoms with Crippen LogP contribution in [-0.4, -0.2) is 46.8 Å². The zero-order valence-corrected chi connectivity index (χ0v) is 14.4. The second kappa shape index (κ2) is 7.73. The first-order valence-electron chi connectivity index (χ1n) is 8.10. The van der Waals surface area contributed by atoms with Gasteiger partial charge in [0.1, 0.15) is 0 Å². The molecule has 0 unspecified atom stereocenters. The molecule has 0 saturated carbocycles. The van der Waals surface area contributed by atoms with E-state index in [0.29, 0.717) is 6.42 Å². The minimum Gasteiger partial charge on any atom is -0.480 e. The van der Waals surface area contributed by atoms with Crippen LogP contribution in [0.1, 0.15) is 43.4 Å². The first kappa shape index (κ1) is 19.0. The number of hydrogen-bond acceptors (Lipinski definition) is 7. The monoisotopic (exact) mass is 348 g/mol. The molecule has 1 aromatic rings. The van der Waals surface area contributed by atoms with E-state index >= 15 is 0 Å². The van der Waals surface area contributed by atoms with E-state index in [1.807, 2.05) is 24.3 Å². The number of aliphatic carboxylic acids is 1. The summed E-state index contributed by atoms with van der Waals surface area (Å²) in [6.07, 6.45) is 1.73. The van der Waals surface area contributed by atoms with Crippen LogP contribution in [0.25, 0.3) is 0 Å². The third-order valence-electron chi connectivity index (χ3n) is 4.64. The summed E-state index contributed by atoms with van der Waals surface area (Å²) in [4.78, 5) is 29.3. The Balaban J connectivity index is 2.05. The minimum absolute atomic E-state index is 0.0275. The molecular formula is C17H24N4O4. The Labute approximate surface area is 146 Å². The predicted molar refractivity (Wildman–Crippen MR) is 92.7 cm³/mol. The molecule has 8 nitrogen and oxygen atoms in total. The molecule has 0 bridgehead atoms. The van der Waals surface area contributed by atoms with Crippen LogP contribution >= 0.6 is 0 Å². The van der Waals surface area contributed by atoms with Crippen LogP contribution < -0.4 is 11.6 Å². The van der Waals surface area contributed by atoms with E-state index < -0.39 is 23.4 Å². The van der Waals surface area contributed by atoms with Gasteiger partial charge in [0.05, 0.1) is 18.4 Å². The van der Waals surface area contributed by atoms with Gasteiger partial charge < -0.3 is 16.7 Å². The highest BCUT2D eigenvalue weighted by Gasteiger charge is 2.43. The number of carbonyl (C=O) groups excluding carboxylic acids is 1. The summed E-state index contributed by atoms with van der Waals surface area (Å²) >= 11 is 0. The normalized spacial score (nSPS) is 23.6. The van der Waals surface area contributed by atoms with Gasteiger partial charge in [-0.1, -0.05) is 31.2 Å². The van der Waals surface area contributed by atoms with Gasteiger partial charge in [-0.3, -0.25) is 9.63 Å². The summed E-state index contributed by atoms with van der Waals surface area (Å²) in [7, 11) is 1.79. The second-order valence-corrected chi connectivity index (χ2v) is 6.23. The van der Waals surface area contributed by atoms with E-state index in [9.17, 15) is 14.7 Å². The number of hydroxylamine groups is 2. The Kier molecular flexibility index (Phi) is 5.89. The van der Waals surface area contributed by atoms with Crippen molar-refractivity contribution >= 4 is 18.0 Å². The van der Waals surface area contributed by atoms with E-state index in [2.05, 4.69) is 5.10 Å². The van der Waals surface area contributed by atoms with Crippen LogP contribution in [0.3, 0.4) is 0 Å². The molecule has 1 fully saturated rings. The van der Waals surface area contributed by atoms with Crippen LogP contribution in [0.2, 0.25) is 0 Å². The summed E-state index contributed by atoms with van der Waals surface area (Å²) in [6.45, 7) is 1.59. The quantitative estimate of drug-likeness (QED) is 0.287. The van der Waals surface area contributed by atoms with Gasteiger partial charge in [0, 0.05) is 13.5 Å². The number of ketones is 1. The number of hydrazone groups is 1. The maximum atomic E-state index is 12.3. The number of carbonyl (C=O) groups is 2. The van der Waals surface area contributed by atoms with Crippen molar-refractivity contribution < 1.29 is 19.5 Å². The minimum atomic E-state index is -1.86. The summed E-state index contributed by atoms with van der Waals surface area (Å²) < 4.78 is 0. The molecule has 5 N–H and O–H groups in total. The molecule has 0 aliphatic carbocycles. The van der Waals surface area contributed by atoms with Crippen LogP contribution in [0.15, 0.2) is 29.4 Å². The molecule has 0 amide bonds. The largest absolute Gasteiger partial charge is 0.480 e. The summed E-state index contributed by atoms with van der Waals surface area (Å²) in [6, 6.07) is 7.65.